The van der Waals surface area contributed by atoms with Crippen LogP contribution in [0.15, 0.2) is 53.7 Å². The first kappa shape index (κ1) is 22.6. The van der Waals surface area contributed by atoms with Crippen LogP contribution in [0, 0.1) is 0 Å². The molecule has 10 heteroatoms. The number of carbonyl (C=O) groups is 4. The number of fused-ring (bicyclic) bond motifs is 1. The zero-order valence-electron chi connectivity index (χ0n) is 17.9. The maximum Gasteiger partial charge on any atom is 0.315 e. The largest absolute Gasteiger partial charge is 0.469 e. The zero-order chi connectivity index (χ0) is 23.3. The maximum absolute atomic E-state index is 13.1. The van der Waals surface area contributed by atoms with Crippen molar-refractivity contribution in [2.75, 3.05) is 19.1 Å². The Balaban J connectivity index is 1.87. The molecule has 3 rings (SSSR count). The van der Waals surface area contributed by atoms with Gasteiger partial charge in [0.05, 0.1) is 24.2 Å². The summed E-state index contributed by atoms with van der Waals surface area (Å²) >= 11 is 0. The standard InChI is InChI=1S/C22H23N5O5/c1-13(24-17(28)12-18(29)32-3)21(30)26-20-22(31)27(2)16-10-5-4-8-14(16)19(25-20)15-9-6-7-11-23-15/h4-11,13,20H,12H2,1-3H3,(H,24,28)(H,26,30)/t13-,20?/m0/s1. The lowest BCUT2D eigenvalue weighted by Gasteiger charge is -2.22. The Morgan fingerprint density at radius 3 is 2.56 bits per heavy atom. The first-order valence-electron chi connectivity index (χ1n) is 9.84. The van der Waals surface area contributed by atoms with Crippen LogP contribution in [0.3, 0.4) is 0 Å². The average Bonchev–Trinajstić information content (AvgIpc) is 2.90. The number of amides is 3. The summed E-state index contributed by atoms with van der Waals surface area (Å²) in [6, 6.07) is 11.6. The Hall–Kier alpha value is -4.08. The molecule has 2 heterocycles. The predicted molar refractivity (Wildman–Crippen MR) is 116 cm³/mol. The molecule has 1 aliphatic heterocycles. The van der Waals surface area contributed by atoms with Crippen LogP contribution >= 0.6 is 0 Å². The topological polar surface area (TPSA) is 130 Å². The number of esters is 1. The summed E-state index contributed by atoms with van der Waals surface area (Å²) in [7, 11) is 2.76. The summed E-state index contributed by atoms with van der Waals surface area (Å²) in [6.07, 6.45) is -0.142. The molecule has 10 nitrogen and oxygen atoms in total. The van der Waals surface area contributed by atoms with E-state index in [4.69, 9.17) is 0 Å². The van der Waals surface area contributed by atoms with Gasteiger partial charge in [-0.15, -0.1) is 0 Å². The minimum Gasteiger partial charge on any atom is -0.469 e. The third kappa shape index (κ3) is 4.97. The lowest BCUT2D eigenvalue weighted by molar-refractivity contribution is -0.144. The summed E-state index contributed by atoms with van der Waals surface area (Å²) in [5.74, 6) is -2.48. The van der Waals surface area contributed by atoms with Gasteiger partial charge in [-0.3, -0.25) is 24.2 Å². The van der Waals surface area contributed by atoms with Gasteiger partial charge < -0.3 is 20.3 Å². The number of para-hydroxylation sites is 1. The number of hydrogen-bond donors (Lipinski definition) is 2. The number of ether oxygens (including phenoxy) is 1. The first-order chi connectivity index (χ1) is 15.3. The normalized spacial score (nSPS) is 16.2. The van der Waals surface area contributed by atoms with E-state index in [1.165, 1.54) is 11.8 Å². The summed E-state index contributed by atoms with van der Waals surface area (Å²) in [5, 5.41) is 4.97. The number of hydrogen-bond acceptors (Lipinski definition) is 7. The number of likely N-dealkylation sites (N-methyl/N-ethyl adjacent to an activating group) is 1. The summed E-state index contributed by atoms with van der Waals surface area (Å²) in [4.78, 5) is 59.2. The lowest BCUT2D eigenvalue weighted by atomic mass is 10.0. The number of pyridine rings is 1. The Kier molecular flexibility index (Phi) is 6.93. The van der Waals surface area contributed by atoms with E-state index < -0.39 is 42.3 Å². The van der Waals surface area contributed by atoms with Crippen molar-refractivity contribution in [2.45, 2.75) is 25.6 Å². The first-order valence-corrected chi connectivity index (χ1v) is 9.84. The molecular weight excluding hydrogens is 414 g/mol. The van der Waals surface area contributed by atoms with Crippen LogP contribution in [0.1, 0.15) is 24.6 Å². The highest BCUT2D eigenvalue weighted by molar-refractivity contribution is 6.19. The van der Waals surface area contributed by atoms with Crippen LogP contribution < -0.4 is 15.5 Å². The second-order valence-electron chi connectivity index (χ2n) is 7.06. The van der Waals surface area contributed by atoms with Gasteiger partial charge in [-0.1, -0.05) is 24.3 Å². The van der Waals surface area contributed by atoms with E-state index in [9.17, 15) is 19.2 Å². The molecule has 166 valence electrons. The van der Waals surface area contributed by atoms with Gasteiger partial charge in [-0.25, -0.2) is 4.99 Å². The number of aliphatic imine (C=N–C) groups is 1. The van der Waals surface area contributed by atoms with Gasteiger partial charge in [-0.2, -0.15) is 0 Å². The molecule has 0 radical (unpaired) electrons. The van der Waals surface area contributed by atoms with Gasteiger partial charge in [-0.05, 0) is 25.1 Å². The highest BCUT2D eigenvalue weighted by atomic mass is 16.5. The molecule has 0 saturated heterocycles. The maximum atomic E-state index is 13.1. The minimum absolute atomic E-state index is 0.451. The Morgan fingerprint density at radius 1 is 1.16 bits per heavy atom. The van der Waals surface area contributed by atoms with E-state index in [2.05, 4.69) is 25.3 Å². The van der Waals surface area contributed by atoms with E-state index >= 15 is 0 Å². The fourth-order valence-electron chi connectivity index (χ4n) is 3.14. The molecule has 2 atom stereocenters. The number of methoxy groups -OCH3 is 1. The van der Waals surface area contributed by atoms with Crippen LogP contribution in [0.2, 0.25) is 0 Å². The van der Waals surface area contributed by atoms with Gasteiger partial charge in [0, 0.05) is 18.8 Å². The summed E-state index contributed by atoms with van der Waals surface area (Å²) in [6.45, 7) is 1.44. The molecule has 1 aromatic heterocycles. The van der Waals surface area contributed by atoms with Crippen molar-refractivity contribution in [3.63, 3.8) is 0 Å². The van der Waals surface area contributed by atoms with Crippen LogP contribution in [0.5, 0.6) is 0 Å². The molecule has 2 N–H and O–H groups in total. The van der Waals surface area contributed by atoms with E-state index in [1.54, 1.807) is 43.6 Å². The van der Waals surface area contributed by atoms with Crippen molar-refractivity contribution in [1.29, 1.82) is 0 Å². The molecule has 2 aromatic rings. The molecule has 1 aliphatic rings. The summed E-state index contributed by atoms with van der Waals surface area (Å²) < 4.78 is 4.43. The zero-order valence-corrected chi connectivity index (χ0v) is 17.9. The van der Waals surface area contributed by atoms with E-state index in [0.29, 0.717) is 22.7 Å². The van der Waals surface area contributed by atoms with E-state index in [0.717, 1.165) is 7.11 Å². The van der Waals surface area contributed by atoms with Crippen LogP contribution in [-0.4, -0.2) is 60.8 Å². The highest BCUT2D eigenvalue weighted by Crippen LogP contribution is 2.26. The second-order valence-corrected chi connectivity index (χ2v) is 7.06. The van der Waals surface area contributed by atoms with Crippen LogP contribution in [-0.2, 0) is 23.9 Å². The van der Waals surface area contributed by atoms with Gasteiger partial charge in [0.15, 0.2) is 0 Å². The molecule has 0 spiro atoms. The number of carbonyl (C=O) groups excluding carboxylic acids is 4. The van der Waals surface area contributed by atoms with Crippen LogP contribution in [0.4, 0.5) is 5.69 Å². The minimum atomic E-state index is -1.24. The van der Waals surface area contributed by atoms with Crippen LogP contribution in [0.25, 0.3) is 0 Å². The third-order valence-electron chi connectivity index (χ3n) is 4.83. The molecule has 3 amide bonds. The van der Waals surface area contributed by atoms with Gasteiger partial charge >= 0.3 is 5.97 Å². The molecule has 1 unspecified atom stereocenters. The number of benzene rings is 1. The molecule has 32 heavy (non-hydrogen) atoms. The average molecular weight is 437 g/mol. The number of nitrogens with zero attached hydrogens (tertiary/aromatic N) is 3. The second kappa shape index (κ2) is 9.82. The molecule has 1 aromatic carbocycles. The number of benzodiazepines with no additional fused rings is 1. The number of aromatic nitrogens is 1. The summed E-state index contributed by atoms with van der Waals surface area (Å²) in [5.41, 5.74) is 2.31. The molecule has 0 fully saturated rings. The van der Waals surface area contributed by atoms with Gasteiger partial charge in [0.1, 0.15) is 12.5 Å². The van der Waals surface area contributed by atoms with Crippen molar-refractivity contribution >= 4 is 35.1 Å². The van der Waals surface area contributed by atoms with Gasteiger partial charge in [0.2, 0.25) is 18.0 Å². The molecule has 0 saturated carbocycles. The van der Waals surface area contributed by atoms with Crippen molar-refractivity contribution < 1.29 is 23.9 Å². The predicted octanol–water partition coefficient (Wildman–Crippen LogP) is 0.406. The van der Waals surface area contributed by atoms with Crippen molar-refractivity contribution in [3.05, 3.63) is 59.9 Å². The van der Waals surface area contributed by atoms with E-state index in [-0.39, 0.29) is 0 Å². The number of nitrogens with one attached hydrogen (secondary N) is 2. The third-order valence-corrected chi connectivity index (χ3v) is 4.83. The lowest BCUT2D eigenvalue weighted by Crippen LogP contribution is -2.52. The highest BCUT2D eigenvalue weighted by Gasteiger charge is 2.32. The molecular formula is C22H23N5O5. The Morgan fingerprint density at radius 2 is 1.88 bits per heavy atom. The van der Waals surface area contributed by atoms with Crippen molar-refractivity contribution in [2.24, 2.45) is 4.99 Å². The quantitative estimate of drug-likeness (QED) is 0.497. The monoisotopic (exact) mass is 437 g/mol. The molecule has 0 aliphatic carbocycles. The Bertz CT molecular complexity index is 1070. The Labute approximate surface area is 184 Å². The number of rotatable bonds is 6. The number of anilines is 1. The van der Waals surface area contributed by atoms with Crippen molar-refractivity contribution in [3.8, 4) is 0 Å². The smallest absolute Gasteiger partial charge is 0.315 e. The van der Waals surface area contributed by atoms with E-state index in [1.807, 2.05) is 12.1 Å². The van der Waals surface area contributed by atoms with Gasteiger partial charge in [0.25, 0.3) is 5.91 Å². The fourth-order valence-corrected chi connectivity index (χ4v) is 3.14. The molecule has 0 bridgehead atoms. The van der Waals surface area contributed by atoms with Crippen molar-refractivity contribution in [1.82, 2.24) is 15.6 Å². The SMILES string of the molecule is COC(=O)CC(=O)N[C@@H](C)C(=O)NC1N=C(c2ccccn2)c2ccccc2N(C)C1=O. The fraction of sp³-hybridized carbons (Fsp3) is 0.273.